The van der Waals surface area contributed by atoms with Crippen molar-refractivity contribution in [2.24, 2.45) is 0 Å². The van der Waals surface area contributed by atoms with Gasteiger partial charge in [0.15, 0.2) is 0 Å². The SMILES string of the molecule is O=C1Cc2cc(NC(=O)c3c[nH]c4cc(Br)ccc34)ccc2N1. The van der Waals surface area contributed by atoms with Crippen molar-refractivity contribution >= 4 is 50.0 Å². The van der Waals surface area contributed by atoms with E-state index in [0.29, 0.717) is 17.7 Å². The predicted molar refractivity (Wildman–Crippen MR) is 92.7 cm³/mol. The maximum Gasteiger partial charge on any atom is 0.257 e. The largest absolute Gasteiger partial charge is 0.360 e. The van der Waals surface area contributed by atoms with Gasteiger partial charge in [0.2, 0.25) is 5.91 Å². The Balaban J connectivity index is 1.62. The molecular weight excluding hydrogens is 358 g/mol. The number of H-pyrrole nitrogens is 1. The number of benzene rings is 2. The van der Waals surface area contributed by atoms with Crippen molar-refractivity contribution in [1.29, 1.82) is 0 Å². The molecule has 4 rings (SSSR count). The van der Waals surface area contributed by atoms with Crippen LogP contribution >= 0.6 is 15.9 Å². The van der Waals surface area contributed by atoms with Gasteiger partial charge in [0.05, 0.1) is 12.0 Å². The number of carbonyl (C=O) groups is 2. The van der Waals surface area contributed by atoms with Gasteiger partial charge in [0.1, 0.15) is 0 Å². The third-order valence-corrected chi connectivity index (χ3v) is 4.37. The zero-order valence-electron chi connectivity index (χ0n) is 11.9. The van der Waals surface area contributed by atoms with Crippen LogP contribution in [0.2, 0.25) is 0 Å². The molecular formula is C17H12BrN3O2. The highest BCUT2D eigenvalue weighted by atomic mass is 79.9. The molecule has 3 N–H and O–H groups in total. The van der Waals surface area contributed by atoms with Gasteiger partial charge in [0, 0.05) is 32.9 Å². The topological polar surface area (TPSA) is 74.0 Å². The molecule has 0 atom stereocenters. The normalized spacial score (nSPS) is 13.0. The third-order valence-electron chi connectivity index (χ3n) is 3.88. The van der Waals surface area contributed by atoms with E-state index in [9.17, 15) is 9.59 Å². The molecule has 0 unspecified atom stereocenters. The quantitative estimate of drug-likeness (QED) is 0.644. The van der Waals surface area contributed by atoms with Crippen molar-refractivity contribution < 1.29 is 9.59 Å². The van der Waals surface area contributed by atoms with Crippen LogP contribution in [-0.2, 0) is 11.2 Å². The Labute approximate surface area is 140 Å². The predicted octanol–water partition coefficient (Wildman–Crippen LogP) is 3.68. The fourth-order valence-corrected chi connectivity index (χ4v) is 3.15. The smallest absolute Gasteiger partial charge is 0.257 e. The van der Waals surface area contributed by atoms with Crippen LogP contribution in [0, 0.1) is 0 Å². The zero-order chi connectivity index (χ0) is 16.0. The van der Waals surface area contributed by atoms with Crippen LogP contribution in [0.4, 0.5) is 11.4 Å². The number of nitrogens with one attached hydrogen (secondary N) is 3. The van der Waals surface area contributed by atoms with E-state index in [0.717, 1.165) is 26.6 Å². The highest BCUT2D eigenvalue weighted by Gasteiger charge is 2.18. The summed E-state index contributed by atoms with van der Waals surface area (Å²) in [6.07, 6.45) is 2.05. The number of aromatic amines is 1. The second-order valence-electron chi connectivity index (χ2n) is 5.44. The van der Waals surface area contributed by atoms with Gasteiger partial charge in [-0.3, -0.25) is 9.59 Å². The summed E-state index contributed by atoms with van der Waals surface area (Å²) in [7, 11) is 0. The Morgan fingerprint density at radius 3 is 2.91 bits per heavy atom. The minimum absolute atomic E-state index is 0.0225. The molecule has 6 heteroatoms. The zero-order valence-corrected chi connectivity index (χ0v) is 13.5. The number of carbonyl (C=O) groups excluding carboxylic acids is 2. The molecule has 0 radical (unpaired) electrons. The summed E-state index contributed by atoms with van der Waals surface area (Å²) in [5.41, 5.74) is 3.87. The van der Waals surface area contributed by atoms with Crippen molar-refractivity contribution in [3.8, 4) is 0 Å². The molecule has 0 spiro atoms. The molecule has 1 aromatic heterocycles. The van der Waals surface area contributed by atoms with Gasteiger partial charge >= 0.3 is 0 Å². The number of rotatable bonds is 2. The fourth-order valence-electron chi connectivity index (χ4n) is 2.79. The first-order valence-corrected chi connectivity index (χ1v) is 7.90. The fraction of sp³-hybridized carbons (Fsp3) is 0.0588. The maximum absolute atomic E-state index is 12.5. The number of amides is 2. The summed E-state index contributed by atoms with van der Waals surface area (Å²) >= 11 is 3.41. The molecule has 2 amide bonds. The van der Waals surface area contributed by atoms with Crippen molar-refractivity contribution in [2.75, 3.05) is 10.6 Å². The lowest BCUT2D eigenvalue weighted by molar-refractivity contribution is -0.115. The molecule has 2 aromatic carbocycles. The van der Waals surface area contributed by atoms with Gasteiger partial charge in [-0.05, 0) is 35.9 Å². The van der Waals surface area contributed by atoms with E-state index < -0.39 is 0 Å². The summed E-state index contributed by atoms with van der Waals surface area (Å²) in [5.74, 6) is -0.207. The van der Waals surface area contributed by atoms with Gasteiger partial charge < -0.3 is 15.6 Å². The lowest BCUT2D eigenvalue weighted by atomic mass is 10.1. The number of anilines is 2. The highest BCUT2D eigenvalue weighted by Crippen LogP contribution is 2.27. The van der Waals surface area contributed by atoms with Gasteiger partial charge in [-0.15, -0.1) is 0 Å². The maximum atomic E-state index is 12.5. The van der Waals surface area contributed by atoms with E-state index in [1.807, 2.05) is 30.3 Å². The molecule has 1 aliphatic heterocycles. The summed E-state index contributed by atoms with van der Waals surface area (Å²) in [4.78, 5) is 27.0. The van der Waals surface area contributed by atoms with E-state index in [-0.39, 0.29) is 11.8 Å². The Morgan fingerprint density at radius 2 is 2.04 bits per heavy atom. The van der Waals surface area contributed by atoms with E-state index in [1.54, 1.807) is 12.3 Å². The summed E-state index contributed by atoms with van der Waals surface area (Å²) in [6, 6.07) is 11.2. The molecule has 0 fully saturated rings. The second-order valence-corrected chi connectivity index (χ2v) is 6.36. The minimum Gasteiger partial charge on any atom is -0.360 e. The van der Waals surface area contributed by atoms with Crippen LogP contribution in [0.3, 0.4) is 0 Å². The minimum atomic E-state index is -0.184. The van der Waals surface area contributed by atoms with Gasteiger partial charge in [-0.1, -0.05) is 22.0 Å². The lowest BCUT2D eigenvalue weighted by Crippen LogP contribution is -2.11. The average Bonchev–Trinajstić information content (AvgIpc) is 3.08. The second kappa shape index (κ2) is 5.24. The Hall–Kier alpha value is -2.60. The Morgan fingerprint density at radius 1 is 1.17 bits per heavy atom. The van der Waals surface area contributed by atoms with Crippen LogP contribution in [0.15, 0.2) is 47.1 Å². The number of aromatic nitrogens is 1. The van der Waals surface area contributed by atoms with Crippen molar-refractivity contribution in [3.63, 3.8) is 0 Å². The molecule has 0 saturated carbocycles. The third kappa shape index (κ3) is 2.51. The molecule has 5 nitrogen and oxygen atoms in total. The first kappa shape index (κ1) is 14.0. The first-order chi connectivity index (χ1) is 11.1. The van der Waals surface area contributed by atoms with Crippen molar-refractivity contribution in [2.45, 2.75) is 6.42 Å². The van der Waals surface area contributed by atoms with Gasteiger partial charge in [-0.25, -0.2) is 0 Å². The number of hydrogen-bond acceptors (Lipinski definition) is 2. The van der Waals surface area contributed by atoms with Crippen LogP contribution < -0.4 is 10.6 Å². The number of fused-ring (bicyclic) bond motifs is 2. The molecule has 0 bridgehead atoms. The van der Waals surface area contributed by atoms with Gasteiger partial charge in [-0.2, -0.15) is 0 Å². The summed E-state index contributed by atoms with van der Waals surface area (Å²) < 4.78 is 0.953. The monoisotopic (exact) mass is 369 g/mol. The molecule has 1 aliphatic rings. The van der Waals surface area contributed by atoms with Crippen LogP contribution in [0.25, 0.3) is 10.9 Å². The Kier molecular flexibility index (Phi) is 3.20. The number of halogens is 1. The van der Waals surface area contributed by atoms with Crippen molar-refractivity contribution in [3.05, 3.63) is 58.2 Å². The first-order valence-electron chi connectivity index (χ1n) is 7.11. The van der Waals surface area contributed by atoms with Crippen LogP contribution in [0.1, 0.15) is 15.9 Å². The highest BCUT2D eigenvalue weighted by molar-refractivity contribution is 9.10. The van der Waals surface area contributed by atoms with E-state index in [4.69, 9.17) is 0 Å². The Bertz CT molecular complexity index is 962. The molecule has 114 valence electrons. The molecule has 0 saturated heterocycles. The lowest BCUT2D eigenvalue weighted by Gasteiger charge is -2.06. The van der Waals surface area contributed by atoms with Crippen molar-refractivity contribution in [1.82, 2.24) is 4.98 Å². The molecule has 3 aromatic rings. The summed E-state index contributed by atoms with van der Waals surface area (Å²) in [5, 5.41) is 6.52. The van der Waals surface area contributed by atoms with Crippen LogP contribution in [-0.4, -0.2) is 16.8 Å². The average molecular weight is 370 g/mol. The van der Waals surface area contributed by atoms with E-state index in [2.05, 4.69) is 31.5 Å². The van der Waals surface area contributed by atoms with E-state index in [1.165, 1.54) is 0 Å². The molecule has 0 aliphatic carbocycles. The number of hydrogen-bond donors (Lipinski definition) is 3. The van der Waals surface area contributed by atoms with Gasteiger partial charge in [0.25, 0.3) is 5.91 Å². The van der Waals surface area contributed by atoms with Crippen LogP contribution in [0.5, 0.6) is 0 Å². The van der Waals surface area contributed by atoms with E-state index >= 15 is 0 Å². The standard InChI is InChI=1S/C17H12BrN3O2/c18-10-1-3-12-13(8-19-15(12)7-10)17(23)20-11-2-4-14-9(5-11)6-16(22)21-14/h1-5,7-8,19H,6H2,(H,20,23)(H,21,22). The summed E-state index contributed by atoms with van der Waals surface area (Å²) in [6.45, 7) is 0. The molecule has 2 heterocycles. The molecule has 23 heavy (non-hydrogen) atoms.